The molecule has 21 heavy (non-hydrogen) atoms. The molecule has 0 aliphatic heterocycles. The van der Waals surface area contributed by atoms with Crippen molar-refractivity contribution < 1.29 is 9.32 Å². The summed E-state index contributed by atoms with van der Waals surface area (Å²) in [5.41, 5.74) is 0.585. The molecule has 0 saturated carbocycles. The second-order valence-electron chi connectivity index (χ2n) is 5.51. The number of rotatable bonds is 4. The van der Waals surface area contributed by atoms with E-state index in [-0.39, 0.29) is 42.0 Å². The zero-order valence-corrected chi connectivity index (χ0v) is 15.4. The van der Waals surface area contributed by atoms with Crippen LogP contribution in [0.4, 0.5) is 0 Å². The molecule has 0 bridgehead atoms. The second-order valence-corrected chi connectivity index (χ2v) is 5.51. The lowest BCUT2D eigenvalue weighted by molar-refractivity contribution is -0.121. The topological polar surface area (TPSA) is 91.5 Å². The summed E-state index contributed by atoms with van der Waals surface area (Å²) in [5, 5.41) is 12.6. The van der Waals surface area contributed by atoms with Gasteiger partial charge in [-0.2, -0.15) is 0 Å². The van der Waals surface area contributed by atoms with Gasteiger partial charge >= 0.3 is 0 Å². The average Bonchev–Trinajstić information content (AvgIpc) is 2.73. The van der Waals surface area contributed by atoms with Gasteiger partial charge in [-0.1, -0.05) is 5.16 Å². The van der Waals surface area contributed by atoms with E-state index >= 15 is 0 Å². The minimum atomic E-state index is -0.243. The largest absolute Gasteiger partial charge is 0.359 e. The summed E-state index contributed by atoms with van der Waals surface area (Å²) in [6, 6.07) is 1.84. The fraction of sp³-hybridized carbons (Fsp3) is 0.615. The Kier molecular flexibility index (Phi) is 8.30. The Morgan fingerprint density at radius 1 is 1.38 bits per heavy atom. The highest BCUT2D eigenvalue weighted by molar-refractivity contribution is 14.0. The van der Waals surface area contributed by atoms with Crippen molar-refractivity contribution in [3.8, 4) is 0 Å². The first-order valence-electron chi connectivity index (χ1n) is 6.48. The molecule has 1 heterocycles. The van der Waals surface area contributed by atoms with Gasteiger partial charge in [-0.05, 0) is 27.7 Å². The van der Waals surface area contributed by atoms with Crippen LogP contribution in [0.25, 0.3) is 0 Å². The third kappa shape index (κ3) is 8.53. The molecule has 1 amide bonds. The fourth-order valence-electron chi connectivity index (χ4n) is 1.52. The molecule has 7 nitrogen and oxygen atoms in total. The van der Waals surface area contributed by atoms with E-state index in [2.05, 4.69) is 26.1 Å². The van der Waals surface area contributed by atoms with Gasteiger partial charge in [-0.3, -0.25) is 9.79 Å². The van der Waals surface area contributed by atoms with E-state index in [1.54, 1.807) is 7.05 Å². The molecule has 0 fully saturated rings. The molecule has 0 aliphatic carbocycles. The summed E-state index contributed by atoms with van der Waals surface area (Å²) in [5.74, 6) is 1.16. The highest BCUT2D eigenvalue weighted by atomic mass is 127. The van der Waals surface area contributed by atoms with Gasteiger partial charge in [0.2, 0.25) is 5.91 Å². The number of halogens is 1. The maximum Gasteiger partial charge on any atom is 0.239 e. The van der Waals surface area contributed by atoms with Crippen LogP contribution in [0.5, 0.6) is 0 Å². The number of hydrogen-bond acceptors (Lipinski definition) is 4. The number of nitrogens with zero attached hydrogens (tertiary/aromatic N) is 2. The molecule has 0 unspecified atom stereocenters. The Morgan fingerprint density at radius 2 is 2.05 bits per heavy atom. The van der Waals surface area contributed by atoms with Crippen LogP contribution < -0.4 is 16.0 Å². The SMILES string of the molecule is CN=C(NCC(=O)NC(C)(C)C)NCc1cc(C)no1.I. The van der Waals surface area contributed by atoms with Crippen molar-refractivity contribution >= 4 is 35.8 Å². The van der Waals surface area contributed by atoms with Crippen molar-refractivity contribution in [1.82, 2.24) is 21.1 Å². The van der Waals surface area contributed by atoms with Gasteiger partial charge < -0.3 is 20.5 Å². The average molecular weight is 409 g/mol. The minimum absolute atomic E-state index is 0. The van der Waals surface area contributed by atoms with Gasteiger partial charge in [0.25, 0.3) is 0 Å². The van der Waals surface area contributed by atoms with E-state index in [1.807, 2.05) is 33.8 Å². The van der Waals surface area contributed by atoms with E-state index in [0.717, 1.165) is 5.69 Å². The number of amides is 1. The van der Waals surface area contributed by atoms with Crippen molar-refractivity contribution in [2.24, 2.45) is 4.99 Å². The van der Waals surface area contributed by atoms with Crippen molar-refractivity contribution in [2.45, 2.75) is 39.8 Å². The normalized spacial score (nSPS) is 11.6. The predicted molar refractivity (Wildman–Crippen MR) is 92.8 cm³/mol. The van der Waals surface area contributed by atoms with Crippen LogP contribution >= 0.6 is 24.0 Å². The molecular formula is C13H24IN5O2. The molecule has 1 aromatic heterocycles. The van der Waals surface area contributed by atoms with Crippen LogP contribution in [-0.4, -0.2) is 36.2 Å². The van der Waals surface area contributed by atoms with E-state index in [4.69, 9.17) is 4.52 Å². The molecule has 3 N–H and O–H groups in total. The number of hydrogen-bond donors (Lipinski definition) is 3. The molecule has 0 saturated heterocycles. The Hall–Kier alpha value is -1.32. The lowest BCUT2D eigenvalue weighted by Crippen LogP contribution is -2.48. The van der Waals surface area contributed by atoms with Crippen molar-refractivity contribution in [3.05, 3.63) is 17.5 Å². The first kappa shape index (κ1) is 19.7. The summed E-state index contributed by atoms with van der Waals surface area (Å²) in [4.78, 5) is 15.7. The molecule has 1 rings (SSSR count). The quantitative estimate of drug-likeness (QED) is 0.395. The number of aliphatic imine (C=N–C) groups is 1. The van der Waals surface area contributed by atoms with E-state index in [9.17, 15) is 4.79 Å². The molecular weight excluding hydrogens is 385 g/mol. The zero-order valence-electron chi connectivity index (χ0n) is 13.1. The summed E-state index contributed by atoms with van der Waals surface area (Å²) in [7, 11) is 1.64. The van der Waals surface area contributed by atoms with Crippen LogP contribution in [0.15, 0.2) is 15.6 Å². The standard InChI is InChI=1S/C13H23N5O2.HI/c1-9-6-10(20-18-9)7-15-12(14-5)16-8-11(19)17-13(2,3)4;/h6H,7-8H2,1-5H3,(H,17,19)(H2,14,15,16);1H. The maximum absolute atomic E-state index is 11.7. The number of guanidine groups is 1. The van der Waals surface area contributed by atoms with Crippen molar-refractivity contribution in [1.29, 1.82) is 0 Å². The Balaban J connectivity index is 0.00000400. The van der Waals surface area contributed by atoms with E-state index in [1.165, 1.54) is 0 Å². The van der Waals surface area contributed by atoms with Crippen LogP contribution in [0.3, 0.4) is 0 Å². The van der Waals surface area contributed by atoms with Gasteiger partial charge in [0.15, 0.2) is 11.7 Å². The summed E-state index contributed by atoms with van der Waals surface area (Å²) >= 11 is 0. The Labute approximate surface area is 142 Å². The molecule has 0 aliphatic rings. The van der Waals surface area contributed by atoms with Crippen LogP contribution in [0.2, 0.25) is 0 Å². The zero-order chi connectivity index (χ0) is 15.2. The highest BCUT2D eigenvalue weighted by Crippen LogP contribution is 2.00. The van der Waals surface area contributed by atoms with Gasteiger partial charge in [0, 0.05) is 18.7 Å². The van der Waals surface area contributed by atoms with Gasteiger partial charge in [0.1, 0.15) is 0 Å². The number of carbonyl (C=O) groups excluding carboxylic acids is 1. The number of aryl methyl sites for hydroxylation is 1. The lowest BCUT2D eigenvalue weighted by Gasteiger charge is -2.21. The van der Waals surface area contributed by atoms with Gasteiger partial charge in [-0.25, -0.2) is 0 Å². The molecule has 0 atom stereocenters. The summed E-state index contributed by atoms with van der Waals surface area (Å²) in [6.45, 7) is 8.28. The molecule has 0 spiro atoms. The summed E-state index contributed by atoms with van der Waals surface area (Å²) < 4.78 is 5.08. The van der Waals surface area contributed by atoms with Crippen LogP contribution in [0.1, 0.15) is 32.2 Å². The molecule has 0 radical (unpaired) electrons. The monoisotopic (exact) mass is 409 g/mol. The smallest absolute Gasteiger partial charge is 0.239 e. The number of aromatic nitrogens is 1. The highest BCUT2D eigenvalue weighted by Gasteiger charge is 2.13. The molecule has 0 aromatic carbocycles. The number of nitrogens with one attached hydrogen (secondary N) is 3. The third-order valence-corrected chi connectivity index (χ3v) is 2.26. The fourth-order valence-corrected chi connectivity index (χ4v) is 1.52. The first-order valence-corrected chi connectivity index (χ1v) is 6.48. The van der Waals surface area contributed by atoms with Gasteiger partial charge in [0.05, 0.1) is 18.8 Å². The van der Waals surface area contributed by atoms with Gasteiger partial charge in [-0.15, -0.1) is 24.0 Å². The van der Waals surface area contributed by atoms with Crippen molar-refractivity contribution in [2.75, 3.05) is 13.6 Å². The van der Waals surface area contributed by atoms with E-state index in [0.29, 0.717) is 18.3 Å². The lowest BCUT2D eigenvalue weighted by atomic mass is 10.1. The molecule has 8 heteroatoms. The minimum Gasteiger partial charge on any atom is -0.359 e. The molecule has 120 valence electrons. The Bertz CT molecular complexity index is 479. The third-order valence-electron chi connectivity index (χ3n) is 2.26. The molecule has 1 aromatic rings. The first-order chi connectivity index (χ1) is 9.30. The van der Waals surface area contributed by atoms with Crippen LogP contribution in [-0.2, 0) is 11.3 Å². The van der Waals surface area contributed by atoms with Crippen molar-refractivity contribution in [3.63, 3.8) is 0 Å². The Morgan fingerprint density at radius 3 is 2.52 bits per heavy atom. The second kappa shape index (κ2) is 8.85. The van der Waals surface area contributed by atoms with E-state index < -0.39 is 0 Å². The van der Waals surface area contributed by atoms with Crippen LogP contribution in [0, 0.1) is 6.92 Å². The maximum atomic E-state index is 11.7. The summed E-state index contributed by atoms with van der Waals surface area (Å²) in [6.07, 6.45) is 0. The predicted octanol–water partition coefficient (Wildman–Crippen LogP) is 1.18. The number of carbonyl (C=O) groups is 1.